The first-order chi connectivity index (χ1) is 11.6. The van der Waals surface area contributed by atoms with Crippen LogP contribution in [0.5, 0.6) is 0 Å². The van der Waals surface area contributed by atoms with E-state index in [1.54, 1.807) is 0 Å². The third-order valence-electron chi connectivity index (χ3n) is 5.35. The van der Waals surface area contributed by atoms with Gasteiger partial charge in [-0.25, -0.2) is 0 Å². The maximum Gasteiger partial charge on any atom is 0.237 e. The van der Waals surface area contributed by atoms with Crippen molar-refractivity contribution in [3.05, 3.63) is 35.5 Å². The van der Waals surface area contributed by atoms with E-state index < -0.39 is 0 Å². The lowest BCUT2D eigenvalue weighted by Gasteiger charge is -2.21. The zero-order valence-electron chi connectivity index (χ0n) is 14.2. The lowest BCUT2D eigenvalue weighted by atomic mass is 9.78. The molecule has 1 fully saturated rings. The fraction of sp³-hybridized carbons (Fsp3) is 0.474. The molecular formula is C19H23N3O2. The van der Waals surface area contributed by atoms with E-state index in [9.17, 15) is 9.59 Å². The molecule has 1 saturated heterocycles. The lowest BCUT2D eigenvalue weighted by Crippen LogP contribution is -2.33. The number of hydrogen-bond donors (Lipinski definition) is 1. The van der Waals surface area contributed by atoms with Crippen LogP contribution < -0.4 is 0 Å². The summed E-state index contributed by atoms with van der Waals surface area (Å²) in [5.74, 6) is -0.450. The number of carbonyl (C=O) groups is 2. The van der Waals surface area contributed by atoms with Gasteiger partial charge >= 0.3 is 0 Å². The van der Waals surface area contributed by atoms with Crippen molar-refractivity contribution >= 4 is 22.7 Å². The van der Waals surface area contributed by atoms with E-state index in [4.69, 9.17) is 0 Å². The van der Waals surface area contributed by atoms with Gasteiger partial charge in [0.25, 0.3) is 0 Å². The zero-order valence-corrected chi connectivity index (χ0v) is 14.2. The fourth-order valence-corrected chi connectivity index (χ4v) is 4.24. The van der Waals surface area contributed by atoms with Crippen LogP contribution in [0, 0.1) is 5.92 Å². The predicted octanol–water partition coefficient (Wildman–Crippen LogP) is 2.13. The van der Waals surface area contributed by atoms with Gasteiger partial charge in [0.15, 0.2) is 0 Å². The Kier molecular flexibility index (Phi) is 3.68. The van der Waals surface area contributed by atoms with Crippen molar-refractivity contribution in [3.63, 3.8) is 0 Å². The molecule has 4 rings (SSSR count). The highest BCUT2D eigenvalue weighted by Gasteiger charge is 2.51. The van der Waals surface area contributed by atoms with E-state index in [2.05, 4.69) is 16.0 Å². The normalized spacial score (nSPS) is 23.2. The molecule has 0 saturated carbocycles. The molecule has 2 atom stereocenters. The van der Waals surface area contributed by atoms with Crippen molar-refractivity contribution in [2.45, 2.75) is 25.2 Å². The number of aromatic amines is 1. The van der Waals surface area contributed by atoms with Crippen molar-refractivity contribution in [1.82, 2.24) is 14.8 Å². The third-order valence-corrected chi connectivity index (χ3v) is 5.35. The highest BCUT2D eigenvalue weighted by atomic mass is 16.2. The molecule has 5 heteroatoms. The number of fused-ring (bicyclic) bond motifs is 5. The molecule has 2 aromatic rings. The number of aryl methyl sites for hydroxylation is 1. The Bertz CT molecular complexity index is 808. The number of nitrogens with one attached hydrogen (secondary N) is 1. The van der Waals surface area contributed by atoms with Crippen LogP contribution in [0.25, 0.3) is 10.9 Å². The Hall–Kier alpha value is -2.14. The molecule has 0 unspecified atom stereocenters. The van der Waals surface area contributed by atoms with Crippen molar-refractivity contribution < 1.29 is 9.59 Å². The molecule has 0 radical (unpaired) electrons. The van der Waals surface area contributed by atoms with Crippen molar-refractivity contribution in [2.24, 2.45) is 5.92 Å². The molecule has 1 aliphatic heterocycles. The van der Waals surface area contributed by atoms with Gasteiger partial charge in [-0.3, -0.25) is 14.5 Å². The fourth-order valence-electron chi connectivity index (χ4n) is 4.24. The first-order valence-corrected chi connectivity index (χ1v) is 8.67. The second-order valence-corrected chi connectivity index (χ2v) is 7.17. The smallest absolute Gasteiger partial charge is 0.237 e. The Morgan fingerprint density at radius 2 is 2.00 bits per heavy atom. The Labute approximate surface area is 141 Å². The van der Waals surface area contributed by atoms with E-state index in [1.807, 2.05) is 32.3 Å². The number of imide groups is 1. The van der Waals surface area contributed by atoms with Crippen molar-refractivity contribution in [3.8, 4) is 0 Å². The van der Waals surface area contributed by atoms with Gasteiger partial charge in [0, 0.05) is 23.1 Å². The molecule has 1 N–H and O–H groups in total. The van der Waals surface area contributed by atoms with Crippen LogP contribution in [0.3, 0.4) is 0 Å². The average Bonchev–Trinajstić information content (AvgIpc) is 3.05. The van der Waals surface area contributed by atoms with Gasteiger partial charge in [-0.15, -0.1) is 0 Å². The topological polar surface area (TPSA) is 56.4 Å². The van der Waals surface area contributed by atoms with Crippen LogP contribution in [0.15, 0.2) is 24.3 Å². The molecule has 1 aliphatic carbocycles. The zero-order chi connectivity index (χ0) is 16.8. The number of carbonyl (C=O) groups excluding carboxylic acids is 2. The van der Waals surface area contributed by atoms with Gasteiger partial charge in [0.05, 0.1) is 11.8 Å². The molecule has 0 spiro atoms. The molecular weight excluding hydrogens is 302 g/mol. The molecule has 2 heterocycles. The number of nitrogens with zero attached hydrogens (tertiary/aromatic N) is 2. The summed E-state index contributed by atoms with van der Waals surface area (Å²) in [5, 5.41) is 1.10. The molecule has 24 heavy (non-hydrogen) atoms. The Morgan fingerprint density at radius 1 is 1.21 bits per heavy atom. The minimum absolute atomic E-state index is 0.00513. The summed E-state index contributed by atoms with van der Waals surface area (Å²) in [7, 11) is 4.01. The number of hydrogen-bond acceptors (Lipinski definition) is 3. The summed E-state index contributed by atoms with van der Waals surface area (Å²) in [6, 6.07) is 8.09. The molecule has 2 aliphatic rings. The molecule has 1 aromatic heterocycles. The van der Waals surface area contributed by atoms with E-state index in [0.29, 0.717) is 6.54 Å². The van der Waals surface area contributed by atoms with Gasteiger partial charge in [0.1, 0.15) is 0 Å². The molecule has 5 nitrogen and oxygen atoms in total. The summed E-state index contributed by atoms with van der Waals surface area (Å²) < 4.78 is 0. The molecule has 126 valence electrons. The minimum Gasteiger partial charge on any atom is -0.358 e. The number of H-pyrrole nitrogens is 1. The monoisotopic (exact) mass is 325 g/mol. The number of rotatable bonds is 4. The van der Waals surface area contributed by atoms with Crippen LogP contribution in [0.1, 0.15) is 30.0 Å². The number of para-hydroxylation sites is 1. The quantitative estimate of drug-likeness (QED) is 0.876. The second kappa shape index (κ2) is 5.74. The van der Waals surface area contributed by atoms with Gasteiger partial charge in [0.2, 0.25) is 11.8 Å². The summed E-state index contributed by atoms with van der Waals surface area (Å²) in [5.41, 5.74) is 3.26. The number of likely N-dealkylation sites (tertiary alicyclic amines) is 1. The lowest BCUT2D eigenvalue weighted by molar-refractivity contribution is -0.139. The first kappa shape index (κ1) is 15.4. The Morgan fingerprint density at radius 3 is 2.79 bits per heavy atom. The second-order valence-electron chi connectivity index (χ2n) is 7.17. The van der Waals surface area contributed by atoms with E-state index in [1.165, 1.54) is 4.90 Å². The van der Waals surface area contributed by atoms with Crippen LogP contribution in [-0.2, 0) is 16.0 Å². The maximum atomic E-state index is 13.0. The van der Waals surface area contributed by atoms with E-state index >= 15 is 0 Å². The van der Waals surface area contributed by atoms with Crippen LogP contribution in [0.4, 0.5) is 0 Å². The molecule has 2 amide bonds. The summed E-state index contributed by atoms with van der Waals surface area (Å²) >= 11 is 0. The van der Waals surface area contributed by atoms with Gasteiger partial charge in [-0.05, 0) is 51.5 Å². The van der Waals surface area contributed by atoms with Crippen LogP contribution in [0.2, 0.25) is 0 Å². The van der Waals surface area contributed by atoms with Gasteiger partial charge < -0.3 is 9.88 Å². The molecule has 1 aromatic carbocycles. The predicted molar refractivity (Wildman–Crippen MR) is 92.7 cm³/mol. The maximum absolute atomic E-state index is 13.0. The summed E-state index contributed by atoms with van der Waals surface area (Å²) in [6.45, 7) is 1.41. The first-order valence-electron chi connectivity index (χ1n) is 8.67. The van der Waals surface area contributed by atoms with Gasteiger partial charge in [-0.1, -0.05) is 18.2 Å². The summed E-state index contributed by atoms with van der Waals surface area (Å²) in [6.07, 6.45) is 2.43. The van der Waals surface area contributed by atoms with Gasteiger partial charge in [-0.2, -0.15) is 0 Å². The van der Waals surface area contributed by atoms with Crippen LogP contribution >= 0.6 is 0 Å². The number of benzene rings is 1. The highest BCUT2D eigenvalue weighted by molar-refractivity contribution is 6.10. The number of aromatic nitrogens is 1. The standard InChI is InChI=1S/C19H23N3O2/c1-21(2)10-5-11-22-18(23)13-8-9-15-16(17(13)19(22)24)12-6-3-4-7-14(12)20-15/h3-4,6-7,13,17,20H,5,8-11H2,1-2H3/t13-,17+/m0/s1. The van der Waals surface area contributed by atoms with Crippen molar-refractivity contribution in [1.29, 1.82) is 0 Å². The van der Waals surface area contributed by atoms with Crippen molar-refractivity contribution in [2.75, 3.05) is 27.2 Å². The van der Waals surface area contributed by atoms with E-state index in [0.717, 1.165) is 48.0 Å². The Balaban J connectivity index is 1.68. The third kappa shape index (κ3) is 2.26. The largest absolute Gasteiger partial charge is 0.358 e. The minimum atomic E-state index is -0.295. The summed E-state index contributed by atoms with van der Waals surface area (Å²) in [4.78, 5) is 32.8. The average molecular weight is 325 g/mol. The number of amides is 2. The SMILES string of the molecule is CN(C)CCCN1C(=O)[C@H]2CCc3[nH]c4ccccc4c3[C@@H]2C1=O. The highest BCUT2D eigenvalue weighted by Crippen LogP contribution is 2.45. The van der Waals surface area contributed by atoms with E-state index in [-0.39, 0.29) is 23.7 Å². The molecule has 0 bridgehead atoms. The van der Waals surface area contributed by atoms with Crippen LogP contribution in [-0.4, -0.2) is 53.8 Å².